The van der Waals surface area contributed by atoms with Gasteiger partial charge in [-0.3, -0.25) is 0 Å². The van der Waals surface area contributed by atoms with Crippen LogP contribution in [0.15, 0.2) is 12.2 Å². The van der Waals surface area contributed by atoms with Crippen molar-refractivity contribution in [3.63, 3.8) is 0 Å². The standard InChI is InChI=1S/C11H19NO/c1-3-6-11(13)7-9-4-5-10(8-11)12(9)2/h3,6,9-10,13H,4-5,7-8H2,1-2H3/b6-3-. The lowest BCUT2D eigenvalue weighted by Crippen LogP contribution is -2.48. The van der Waals surface area contributed by atoms with Crippen LogP contribution in [0.2, 0.25) is 0 Å². The van der Waals surface area contributed by atoms with Crippen LogP contribution in [0.4, 0.5) is 0 Å². The molecule has 2 saturated heterocycles. The third-order valence-corrected chi connectivity index (χ3v) is 3.64. The molecule has 0 aromatic heterocycles. The van der Waals surface area contributed by atoms with Gasteiger partial charge in [-0.25, -0.2) is 0 Å². The van der Waals surface area contributed by atoms with Crippen LogP contribution in [0.25, 0.3) is 0 Å². The fourth-order valence-electron chi connectivity index (χ4n) is 2.93. The number of allylic oxidation sites excluding steroid dienone is 1. The highest BCUT2D eigenvalue weighted by atomic mass is 16.3. The molecule has 2 bridgehead atoms. The summed E-state index contributed by atoms with van der Waals surface area (Å²) in [6.45, 7) is 1.98. The van der Waals surface area contributed by atoms with Crippen LogP contribution in [0, 0.1) is 0 Å². The third-order valence-electron chi connectivity index (χ3n) is 3.64. The Morgan fingerprint density at radius 3 is 2.31 bits per heavy atom. The van der Waals surface area contributed by atoms with E-state index in [0.717, 1.165) is 12.8 Å². The number of rotatable bonds is 1. The van der Waals surface area contributed by atoms with Crippen molar-refractivity contribution < 1.29 is 5.11 Å². The molecule has 74 valence electrons. The molecule has 1 N–H and O–H groups in total. The van der Waals surface area contributed by atoms with Gasteiger partial charge in [-0.2, -0.15) is 0 Å². The summed E-state index contributed by atoms with van der Waals surface area (Å²) in [5.74, 6) is 0. The van der Waals surface area contributed by atoms with E-state index >= 15 is 0 Å². The summed E-state index contributed by atoms with van der Waals surface area (Å²) in [7, 11) is 2.19. The van der Waals surface area contributed by atoms with E-state index in [1.54, 1.807) is 0 Å². The molecule has 13 heavy (non-hydrogen) atoms. The van der Waals surface area contributed by atoms with E-state index in [-0.39, 0.29) is 0 Å². The lowest BCUT2D eigenvalue weighted by Gasteiger charge is -2.40. The zero-order valence-electron chi connectivity index (χ0n) is 8.53. The second kappa shape index (κ2) is 3.10. The molecule has 2 heterocycles. The van der Waals surface area contributed by atoms with Crippen LogP contribution < -0.4 is 0 Å². The molecule has 0 aromatic rings. The second-order valence-corrected chi connectivity index (χ2v) is 4.56. The Morgan fingerprint density at radius 2 is 1.85 bits per heavy atom. The highest BCUT2D eigenvalue weighted by molar-refractivity contribution is 5.09. The molecule has 2 aliphatic heterocycles. The monoisotopic (exact) mass is 181 g/mol. The van der Waals surface area contributed by atoms with E-state index in [9.17, 15) is 5.11 Å². The summed E-state index contributed by atoms with van der Waals surface area (Å²) in [5.41, 5.74) is -0.507. The molecule has 0 saturated carbocycles. The van der Waals surface area contributed by atoms with Crippen molar-refractivity contribution in [2.45, 2.75) is 50.3 Å². The van der Waals surface area contributed by atoms with E-state index < -0.39 is 5.60 Å². The number of fused-ring (bicyclic) bond motifs is 2. The van der Waals surface area contributed by atoms with Gasteiger partial charge < -0.3 is 10.0 Å². The largest absolute Gasteiger partial charge is 0.386 e. The fraction of sp³-hybridized carbons (Fsp3) is 0.818. The minimum atomic E-state index is -0.507. The number of piperidine rings is 1. The summed E-state index contributed by atoms with van der Waals surface area (Å²) in [6, 6.07) is 1.22. The average molecular weight is 181 g/mol. The molecule has 2 heteroatoms. The third kappa shape index (κ3) is 1.53. The summed E-state index contributed by atoms with van der Waals surface area (Å²) in [4.78, 5) is 2.44. The summed E-state index contributed by atoms with van der Waals surface area (Å²) < 4.78 is 0. The summed E-state index contributed by atoms with van der Waals surface area (Å²) in [5, 5.41) is 10.3. The molecule has 2 nitrogen and oxygen atoms in total. The molecular formula is C11H19NO. The van der Waals surface area contributed by atoms with E-state index in [1.165, 1.54) is 12.8 Å². The predicted molar refractivity (Wildman–Crippen MR) is 53.6 cm³/mol. The van der Waals surface area contributed by atoms with Crippen molar-refractivity contribution >= 4 is 0 Å². The first-order chi connectivity index (χ1) is 6.14. The van der Waals surface area contributed by atoms with Gasteiger partial charge in [-0.15, -0.1) is 0 Å². The minimum Gasteiger partial charge on any atom is -0.386 e. The van der Waals surface area contributed by atoms with Gasteiger partial charge in [0.15, 0.2) is 0 Å². The van der Waals surface area contributed by atoms with Gasteiger partial charge >= 0.3 is 0 Å². The average Bonchev–Trinajstić information content (AvgIpc) is 2.34. The SMILES string of the molecule is C/C=C\C1(O)CC2CCC(C1)N2C. The van der Waals surface area contributed by atoms with Crippen LogP contribution in [0.3, 0.4) is 0 Å². The van der Waals surface area contributed by atoms with E-state index in [2.05, 4.69) is 11.9 Å². The predicted octanol–water partition coefficient (Wildman–Crippen LogP) is 1.55. The maximum absolute atomic E-state index is 10.3. The first-order valence-electron chi connectivity index (χ1n) is 5.23. The van der Waals surface area contributed by atoms with Gasteiger partial charge in [0.2, 0.25) is 0 Å². The van der Waals surface area contributed by atoms with Crippen molar-refractivity contribution in [1.29, 1.82) is 0 Å². The van der Waals surface area contributed by atoms with Crippen molar-refractivity contribution in [3.05, 3.63) is 12.2 Å². The molecule has 2 atom stereocenters. The molecule has 2 fully saturated rings. The Labute approximate surface area is 80.2 Å². The first-order valence-corrected chi connectivity index (χ1v) is 5.23. The number of aliphatic hydroxyl groups is 1. The maximum atomic E-state index is 10.3. The number of hydrogen-bond acceptors (Lipinski definition) is 2. The van der Waals surface area contributed by atoms with E-state index in [4.69, 9.17) is 0 Å². The summed E-state index contributed by atoms with van der Waals surface area (Å²) >= 11 is 0. The molecule has 0 aliphatic carbocycles. The van der Waals surface area contributed by atoms with Gasteiger partial charge in [0, 0.05) is 12.1 Å². The van der Waals surface area contributed by atoms with E-state index in [0.29, 0.717) is 12.1 Å². The van der Waals surface area contributed by atoms with Crippen LogP contribution in [-0.4, -0.2) is 34.7 Å². The Kier molecular flexibility index (Phi) is 2.20. The Balaban J connectivity index is 2.14. The molecule has 0 aromatic carbocycles. The molecule has 2 aliphatic rings. The maximum Gasteiger partial charge on any atom is 0.0857 e. The van der Waals surface area contributed by atoms with Gasteiger partial charge in [0.25, 0.3) is 0 Å². The zero-order chi connectivity index (χ0) is 9.47. The second-order valence-electron chi connectivity index (χ2n) is 4.56. The first kappa shape index (κ1) is 9.22. The quantitative estimate of drug-likeness (QED) is 0.620. The molecule has 0 amide bonds. The minimum absolute atomic E-state index is 0.507. The lowest BCUT2D eigenvalue weighted by atomic mass is 9.86. The van der Waals surface area contributed by atoms with Crippen molar-refractivity contribution in [1.82, 2.24) is 4.90 Å². The molecular weight excluding hydrogens is 162 g/mol. The van der Waals surface area contributed by atoms with Crippen molar-refractivity contribution in [3.8, 4) is 0 Å². The van der Waals surface area contributed by atoms with Crippen molar-refractivity contribution in [2.24, 2.45) is 0 Å². The van der Waals surface area contributed by atoms with Gasteiger partial charge in [-0.05, 0) is 39.7 Å². The molecule has 2 unspecified atom stereocenters. The highest BCUT2D eigenvalue weighted by Gasteiger charge is 2.44. The molecule has 0 radical (unpaired) electrons. The van der Waals surface area contributed by atoms with Gasteiger partial charge in [0.05, 0.1) is 5.60 Å². The lowest BCUT2D eigenvalue weighted by molar-refractivity contribution is -0.00758. The number of nitrogens with zero attached hydrogens (tertiary/aromatic N) is 1. The van der Waals surface area contributed by atoms with Gasteiger partial charge in [0.1, 0.15) is 0 Å². The Morgan fingerprint density at radius 1 is 1.31 bits per heavy atom. The van der Waals surface area contributed by atoms with Crippen LogP contribution in [0.5, 0.6) is 0 Å². The van der Waals surface area contributed by atoms with Gasteiger partial charge in [-0.1, -0.05) is 12.2 Å². The van der Waals surface area contributed by atoms with E-state index in [1.807, 2.05) is 19.1 Å². The van der Waals surface area contributed by atoms with Crippen LogP contribution in [0.1, 0.15) is 32.6 Å². The summed E-state index contributed by atoms with van der Waals surface area (Å²) in [6.07, 6.45) is 8.33. The molecule has 0 spiro atoms. The fourth-order valence-corrected chi connectivity index (χ4v) is 2.93. The highest BCUT2D eigenvalue weighted by Crippen LogP contribution is 2.40. The smallest absolute Gasteiger partial charge is 0.0857 e. The van der Waals surface area contributed by atoms with Crippen LogP contribution in [-0.2, 0) is 0 Å². The van der Waals surface area contributed by atoms with Crippen LogP contribution >= 0.6 is 0 Å². The molecule has 2 rings (SSSR count). The zero-order valence-corrected chi connectivity index (χ0v) is 8.53. The Bertz CT molecular complexity index is 210. The topological polar surface area (TPSA) is 23.5 Å². The number of hydrogen-bond donors (Lipinski definition) is 1. The normalized spacial score (nSPS) is 46.1. The Hall–Kier alpha value is -0.340. The van der Waals surface area contributed by atoms with Crippen molar-refractivity contribution in [2.75, 3.05) is 7.05 Å².